The molecule has 122 valence electrons. The van der Waals surface area contributed by atoms with Crippen LogP contribution in [0.3, 0.4) is 0 Å². The summed E-state index contributed by atoms with van der Waals surface area (Å²) in [6, 6.07) is 11.7. The number of rotatable bonds is 1. The predicted molar refractivity (Wildman–Crippen MR) is 93.4 cm³/mol. The van der Waals surface area contributed by atoms with Crippen molar-refractivity contribution >= 4 is 22.9 Å². The van der Waals surface area contributed by atoms with Crippen molar-refractivity contribution in [2.75, 3.05) is 0 Å². The molecule has 2 fully saturated rings. The maximum absolute atomic E-state index is 13.0. The summed E-state index contributed by atoms with van der Waals surface area (Å²) in [6.07, 6.45) is 3.34. The van der Waals surface area contributed by atoms with Gasteiger partial charge in [-0.15, -0.1) is 11.3 Å². The molecule has 3 aliphatic rings. The van der Waals surface area contributed by atoms with Gasteiger partial charge in [0.15, 0.2) is 5.78 Å². The Kier molecular flexibility index (Phi) is 2.95. The fourth-order valence-electron chi connectivity index (χ4n) is 4.91. The summed E-state index contributed by atoms with van der Waals surface area (Å²) < 4.78 is 6.48. The van der Waals surface area contributed by atoms with Gasteiger partial charge in [-0.1, -0.05) is 18.2 Å². The minimum absolute atomic E-state index is 0.0403. The van der Waals surface area contributed by atoms with Crippen LogP contribution in [0.2, 0.25) is 0 Å². The normalized spacial score (nSPS) is 31.2. The average Bonchev–Trinajstić information content (AvgIpc) is 3.23. The Morgan fingerprint density at radius 3 is 2.92 bits per heavy atom. The molecule has 0 amide bonds. The van der Waals surface area contributed by atoms with Crippen LogP contribution in [0.25, 0.3) is 5.76 Å². The largest absolute Gasteiger partial charge is 0.507 e. The van der Waals surface area contributed by atoms with Gasteiger partial charge in [-0.25, -0.2) is 0 Å². The molecule has 0 unspecified atom stereocenters. The SMILES string of the molecule is O=C1C[C@H](c2cccs2)[C@H]2CCC[C@]23Oc2ccccc2C(O)=C13. The summed E-state index contributed by atoms with van der Waals surface area (Å²) in [6.45, 7) is 0. The monoisotopic (exact) mass is 338 g/mol. The van der Waals surface area contributed by atoms with Crippen molar-refractivity contribution < 1.29 is 14.6 Å². The highest BCUT2D eigenvalue weighted by atomic mass is 32.1. The Labute approximate surface area is 144 Å². The quantitative estimate of drug-likeness (QED) is 0.819. The molecule has 3 atom stereocenters. The number of Topliss-reactive ketones (excluding diaryl/α,β-unsaturated/α-hetero) is 1. The van der Waals surface area contributed by atoms with E-state index in [1.165, 1.54) is 4.88 Å². The van der Waals surface area contributed by atoms with Gasteiger partial charge in [0.25, 0.3) is 0 Å². The molecule has 1 spiro atoms. The zero-order chi connectivity index (χ0) is 16.3. The van der Waals surface area contributed by atoms with Crippen LogP contribution in [0, 0.1) is 5.92 Å². The molecule has 2 aliphatic carbocycles. The Balaban J connectivity index is 1.71. The Bertz CT molecular complexity index is 852. The van der Waals surface area contributed by atoms with Gasteiger partial charge < -0.3 is 9.84 Å². The lowest BCUT2D eigenvalue weighted by molar-refractivity contribution is -0.122. The maximum atomic E-state index is 13.0. The van der Waals surface area contributed by atoms with Gasteiger partial charge in [0.1, 0.15) is 17.1 Å². The molecular weight excluding hydrogens is 320 g/mol. The molecule has 2 aromatic rings. The lowest BCUT2D eigenvalue weighted by atomic mass is 9.65. The molecule has 2 heterocycles. The smallest absolute Gasteiger partial charge is 0.167 e. The van der Waals surface area contributed by atoms with Gasteiger partial charge in [-0.3, -0.25) is 4.79 Å². The highest BCUT2D eigenvalue weighted by Crippen LogP contribution is 2.59. The number of fused-ring (bicyclic) bond motifs is 1. The van der Waals surface area contributed by atoms with Crippen molar-refractivity contribution in [3.8, 4) is 5.75 Å². The molecule has 4 heteroatoms. The first kappa shape index (κ1) is 14.3. The fourth-order valence-corrected chi connectivity index (χ4v) is 5.81. The van der Waals surface area contributed by atoms with Gasteiger partial charge in [0.2, 0.25) is 0 Å². The highest BCUT2D eigenvalue weighted by molar-refractivity contribution is 7.10. The molecule has 1 aliphatic heterocycles. The molecule has 5 rings (SSSR count). The van der Waals surface area contributed by atoms with Crippen LogP contribution in [0.4, 0.5) is 0 Å². The number of thiophene rings is 1. The zero-order valence-corrected chi connectivity index (χ0v) is 14.0. The Morgan fingerprint density at radius 2 is 2.08 bits per heavy atom. The number of ether oxygens (including phenoxy) is 1. The number of para-hydroxylation sites is 1. The lowest BCUT2D eigenvalue weighted by Crippen LogP contribution is -2.52. The van der Waals surface area contributed by atoms with Crippen LogP contribution in [0.5, 0.6) is 5.75 Å². The Hall–Kier alpha value is -2.07. The molecule has 1 N–H and O–H groups in total. The van der Waals surface area contributed by atoms with Crippen LogP contribution in [0.15, 0.2) is 47.4 Å². The first-order valence-corrected chi connectivity index (χ1v) is 9.37. The minimum atomic E-state index is -0.650. The number of aliphatic hydroxyl groups excluding tert-OH is 1. The topological polar surface area (TPSA) is 46.5 Å². The summed E-state index contributed by atoms with van der Waals surface area (Å²) >= 11 is 1.72. The molecule has 1 aromatic carbocycles. The van der Waals surface area contributed by atoms with E-state index >= 15 is 0 Å². The third-order valence-electron chi connectivity index (χ3n) is 5.83. The van der Waals surface area contributed by atoms with Crippen molar-refractivity contribution in [2.24, 2.45) is 5.92 Å². The predicted octanol–water partition coefficient (Wildman–Crippen LogP) is 4.71. The van der Waals surface area contributed by atoms with Crippen molar-refractivity contribution in [1.29, 1.82) is 0 Å². The van der Waals surface area contributed by atoms with Gasteiger partial charge in [0.05, 0.1) is 11.1 Å². The van der Waals surface area contributed by atoms with E-state index in [-0.39, 0.29) is 23.4 Å². The average molecular weight is 338 g/mol. The van der Waals surface area contributed by atoms with Crippen molar-refractivity contribution in [2.45, 2.75) is 37.2 Å². The van der Waals surface area contributed by atoms with Crippen LogP contribution in [-0.4, -0.2) is 16.5 Å². The van der Waals surface area contributed by atoms with Crippen molar-refractivity contribution in [3.63, 3.8) is 0 Å². The molecule has 24 heavy (non-hydrogen) atoms. The second-order valence-electron chi connectivity index (χ2n) is 6.96. The van der Waals surface area contributed by atoms with E-state index in [1.54, 1.807) is 11.3 Å². The van der Waals surface area contributed by atoms with Crippen LogP contribution in [-0.2, 0) is 4.79 Å². The van der Waals surface area contributed by atoms with Gasteiger partial charge in [-0.05, 0) is 42.8 Å². The summed E-state index contributed by atoms with van der Waals surface area (Å²) in [4.78, 5) is 14.3. The van der Waals surface area contributed by atoms with Gasteiger partial charge >= 0.3 is 0 Å². The second-order valence-corrected chi connectivity index (χ2v) is 7.94. The minimum Gasteiger partial charge on any atom is -0.507 e. The molecule has 3 nitrogen and oxygen atoms in total. The van der Waals surface area contributed by atoms with E-state index in [2.05, 4.69) is 11.4 Å². The third kappa shape index (κ3) is 1.75. The molecule has 0 bridgehead atoms. The van der Waals surface area contributed by atoms with Crippen molar-refractivity contribution in [3.05, 3.63) is 57.8 Å². The van der Waals surface area contributed by atoms with Crippen LogP contribution in [0.1, 0.15) is 42.0 Å². The number of hydrogen-bond acceptors (Lipinski definition) is 4. The number of benzene rings is 1. The molecule has 1 aromatic heterocycles. The van der Waals surface area contributed by atoms with E-state index in [9.17, 15) is 9.90 Å². The second kappa shape index (κ2) is 4.96. The van der Waals surface area contributed by atoms with Crippen LogP contribution < -0.4 is 4.74 Å². The molecule has 0 radical (unpaired) electrons. The summed E-state index contributed by atoms with van der Waals surface area (Å²) in [5.74, 6) is 1.32. The van der Waals surface area contributed by atoms with E-state index in [0.717, 1.165) is 19.3 Å². The molecule has 2 saturated carbocycles. The van der Waals surface area contributed by atoms with Crippen molar-refractivity contribution in [1.82, 2.24) is 0 Å². The first-order valence-electron chi connectivity index (χ1n) is 8.49. The Morgan fingerprint density at radius 1 is 1.21 bits per heavy atom. The summed E-state index contributed by atoms with van der Waals surface area (Å²) in [5, 5.41) is 12.9. The zero-order valence-electron chi connectivity index (χ0n) is 13.2. The van der Waals surface area contributed by atoms with Gasteiger partial charge in [-0.2, -0.15) is 0 Å². The number of ketones is 1. The van der Waals surface area contributed by atoms with Crippen LogP contribution >= 0.6 is 11.3 Å². The molecule has 0 saturated heterocycles. The number of carbonyl (C=O) groups excluding carboxylic acids is 1. The van der Waals surface area contributed by atoms with E-state index in [4.69, 9.17) is 4.74 Å². The fraction of sp³-hybridized carbons (Fsp3) is 0.350. The van der Waals surface area contributed by atoms with E-state index < -0.39 is 5.60 Å². The van der Waals surface area contributed by atoms with Gasteiger partial charge in [0, 0.05) is 23.1 Å². The highest BCUT2D eigenvalue weighted by Gasteiger charge is 2.59. The summed E-state index contributed by atoms with van der Waals surface area (Å²) in [5.41, 5.74) is 0.519. The lowest BCUT2D eigenvalue weighted by Gasteiger charge is -2.47. The van der Waals surface area contributed by atoms with E-state index in [1.807, 2.05) is 30.3 Å². The number of hydrogen-bond donors (Lipinski definition) is 1. The standard InChI is InChI=1S/C20H18O3S/c21-15-11-13(17-8-4-10-24-17)14-6-3-9-20(14)18(15)19(22)12-5-1-2-7-16(12)23-20/h1-2,4-5,7-8,10,13-14,22H,3,6,9,11H2/t13-,14+,20-/m0/s1. The molecular formula is C20H18O3S. The number of aliphatic hydroxyl groups is 1. The first-order chi connectivity index (χ1) is 11.7. The summed E-state index contributed by atoms with van der Waals surface area (Å²) in [7, 11) is 0. The van der Waals surface area contributed by atoms with E-state index in [0.29, 0.717) is 23.3 Å². The third-order valence-corrected chi connectivity index (χ3v) is 6.84. The number of carbonyl (C=O) groups is 1. The maximum Gasteiger partial charge on any atom is 0.167 e.